The number of sulfone groups is 1. The van der Waals surface area contributed by atoms with Crippen molar-refractivity contribution in [3.63, 3.8) is 0 Å². The van der Waals surface area contributed by atoms with Crippen LogP contribution in [0.4, 0.5) is 4.79 Å². The third-order valence-corrected chi connectivity index (χ3v) is 2.69. The van der Waals surface area contributed by atoms with E-state index >= 15 is 0 Å². The van der Waals surface area contributed by atoms with Gasteiger partial charge in [-0.25, -0.2) is 13.2 Å². The predicted octanol–water partition coefficient (Wildman–Crippen LogP) is 0.0804. The molecule has 2 N–H and O–H groups in total. The lowest BCUT2D eigenvalue weighted by Gasteiger charge is -2.01. The van der Waals surface area contributed by atoms with Crippen LogP contribution in [0.15, 0.2) is 23.2 Å². The first-order chi connectivity index (χ1) is 6.89. The van der Waals surface area contributed by atoms with Gasteiger partial charge in [-0.1, -0.05) is 0 Å². The molecule has 7 heteroatoms. The Labute approximate surface area is 87.0 Å². The van der Waals surface area contributed by atoms with Crippen LogP contribution in [-0.2, 0) is 21.2 Å². The van der Waals surface area contributed by atoms with E-state index in [1.165, 1.54) is 18.3 Å². The van der Waals surface area contributed by atoms with E-state index in [9.17, 15) is 13.2 Å². The number of ether oxygens (including phenoxy) is 1. The number of aromatic nitrogens is 1. The molecule has 0 saturated heterocycles. The highest BCUT2D eigenvalue weighted by atomic mass is 32.2. The van der Waals surface area contributed by atoms with Gasteiger partial charge >= 0.3 is 6.09 Å². The first-order valence-corrected chi connectivity index (χ1v) is 5.86. The summed E-state index contributed by atoms with van der Waals surface area (Å²) in [7, 11) is -3.25. The van der Waals surface area contributed by atoms with Crippen LogP contribution in [0.3, 0.4) is 0 Å². The first kappa shape index (κ1) is 11.4. The van der Waals surface area contributed by atoms with Crippen LogP contribution in [0.1, 0.15) is 5.69 Å². The van der Waals surface area contributed by atoms with Gasteiger partial charge in [0.1, 0.15) is 6.61 Å². The fraction of sp³-hybridized carbons (Fsp3) is 0.250. The second kappa shape index (κ2) is 4.26. The van der Waals surface area contributed by atoms with Gasteiger partial charge in [0.05, 0.1) is 10.6 Å². The molecule has 1 aromatic rings. The number of hydrogen-bond donors (Lipinski definition) is 1. The molecular formula is C8H10N2O4S. The fourth-order valence-corrected chi connectivity index (χ4v) is 1.42. The van der Waals surface area contributed by atoms with Crippen molar-refractivity contribution in [3.05, 3.63) is 24.0 Å². The minimum atomic E-state index is -3.25. The molecule has 1 heterocycles. The summed E-state index contributed by atoms with van der Waals surface area (Å²) in [6, 6.07) is 2.85. The van der Waals surface area contributed by atoms with E-state index in [4.69, 9.17) is 5.73 Å². The highest BCUT2D eigenvalue weighted by molar-refractivity contribution is 7.90. The maximum absolute atomic E-state index is 11.1. The normalized spacial score (nSPS) is 11.0. The van der Waals surface area contributed by atoms with Crippen molar-refractivity contribution in [1.82, 2.24) is 4.98 Å². The predicted molar refractivity (Wildman–Crippen MR) is 51.7 cm³/mol. The quantitative estimate of drug-likeness (QED) is 0.792. The Kier molecular flexibility index (Phi) is 3.25. The lowest BCUT2D eigenvalue weighted by atomic mass is 10.4. The summed E-state index contributed by atoms with van der Waals surface area (Å²) in [6.45, 7) is -0.0701. The average molecular weight is 230 g/mol. The maximum Gasteiger partial charge on any atom is 0.404 e. The van der Waals surface area contributed by atoms with Gasteiger partial charge in [0, 0.05) is 12.5 Å². The average Bonchev–Trinajstić information content (AvgIpc) is 2.14. The Balaban J connectivity index is 2.77. The molecular weight excluding hydrogens is 220 g/mol. The molecule has 0 saturated carbocycles. The number of carbonyl (C=O) groups excluding carboxylic acids is 1. The Morgan fingerprint density at radius 1 is 1.53 bits per heavy atom. The van der Waals surface area contributed by atoms with Gasteiger partial charge in [0.15, 0.2) is 9.84 Å². The number of carbonyl (C=O) groups is 1. The zero-order valence-corrected chi connectivity index (χ0v) is 8.82. The Hall–Kier alpha value is -1.63. The summed E-state index contributed by atoms with van der Waals surface area (Å²) < 4.78 is 26.6. The van der Waals surface area contributed by atoms with Gasteiger partial charge in [-0.3, -0.25) is 4.98 Å². The maximum atomic E-state index is 11.1. The van der Waals surface area contributed by atoms with Gasteiger partial charge in [0.25, 0.3) is 0 Å². The number of primary amides is 1. The summed E-state index contributed by atoms with van der Waals surface area (Å²) in [5.74, 6) is 0. The van der Waals surface area contributed by atoms with Crippen molar-refractivity contribution in [3.8, 4) is 0 Å². The standard InChI is InChI=1S/C8H10N2O4S/c1-15(12,13)7-3-2-6(10-4-7)5-14-8(9)11/h2-4H,5H2,1H3,(H2,9,11). The number of nitrogens with two attached hydrogens (primary N) is 1. The highest BCUT2D eigenvalue weighted by Crippen LogP contribution is 2.07. The van der Waals surface area contributed by atoms with Crippen molar-refractivity contribution < 1.29 is 17.9 Å². The zero-order valence-electron chi connectivity index (χ0n) is 8.00. The van der Waals surface area contributed by atoms with Crippen LogP contribution in [0, 0.1) is 0 Å². The van der Waals surface area contributed by atoms with Crippen LogP contribution >= 0.6 is 0 Å². The molecule has 0 aliphatic heterocycles. The molecule has 0 atom stereocenters. The summed E-state index contributed by atoms with van der Waals surface area (Å²) in [4.78, 5) is 14.2. The third kappa shape index (κ3) is 3.55. The molecule has 0 fully saturated rings. The van der Waals surface area contributed by atoms with E-state index in [1.807, 2.05) is 0 Å². The molecule has 0 unspecified atom stereocenters. The lowest BCUT2D eigenvalue weighted by Crippen LogP contribution is -2.13. The Morgan fingerprint density at radius 2 is 2.20 bits per heavy atom. The second-order valence-electron chi connectivity index (χ2n) is 2.87. The largest absolute Gasteiger partial charge is 0.443 e. The molecule has 1 rings (SSSR count). The van der Waals surface area contributed by atoms with E-state index in [2.05, 4.69) is 9.72 Å². The molecule has 15 heavy (non-hydrogen) atoms. The van der Waals surface area contributed by atoms with E-state index in [-0.39, 0.29) is 11.5 Å². The van der Waals surface area contributed by atoms with Crippen molar-refractivity contribution in [2.75, 3.05) is 6.26 Å². The minimum Gasteiger partial charge on any atom is -0.443 e. The number of pyridine rings is 1. The van der Waals surface area contributed by atoms with Crippen molar-refractivity contribution in [1.29, 1.82) is 0 Å². The number of hydrogen-bond acceptors (Lipinski definition) is 5. The molecule has 0 aromatic carbocycles. The molecule has 1 amide bonds. The van der Waals surface area contributed by atoms with Gasteiger partial charge < -0.3 is 10.5 Å². The third-order valence-electron chi connectivity index (χ3n) is 1.59. The molecule has 1 aromatic heterocycles. The summed E-state index contributed by atoms with van der Waals surface area (Å²) in [5, 5.41) is 0. The van der Waals surface area contributed by atoms with Crippen LogP contribution in [0.2, 0.25) is 0 Å². The van der Waals surface area contributed by atoms with Crippen LogP contribution in [0.5, 0.6) is 0 Å². The van der Waals surface area contributed by atoms with Crippen LogP contribution < -0.4 is 5.73 Å². The van der Waals surface area contributed by atoms with E-state index in [1.54, 1.807) is 0 Å². The minimum absolute atomic E-state index is 0.0701. The molecule has 0 aliphatic rings. The smallest absolute Gasteiger partial charge is 0.404 e. The van der Waals surface area contributed by atoms with Gasteiger partial charge in [-0.2, -0.15) is 0 Å². The van der Waals surface area contributed by atoms with Gasteiger partial charge in [-0.05, 0) is 12.1 Å². The topological polar surface area (TPSA) is 99.4 Å². The van der Waals surface area contributed by atoms with Crippen LogP contribution in [0.25, 0.3) is 0 Å². The van der Waals surface area contributed by atoms with E-state index in [0.29, 0.717) is 5.69 Å². The van der Waals surface area contributed by atoms with Gasteiger partial charge in [0.2, 0.25) is 0 Å². The van der Waals surface area contributed by atoms with E-state index in [0.717, 1.165) is 6.26 Å². The number of rotatable bonds is 3. The summed E-state index contributed by atoms with van der Waals surface area (Å²) in [5.41, 5.74) is 5.19. The van der Waals surface area contributed by atoms with E-state index < -0.39 is 15.9 Å². The van der Waals surface area contributed by atoms with Crippen molar-refractivity contribution in [2.24, 2.45) is 5.73 Å². The molecule has 6 nitrogen and oxygen atoms in total. The van der Waals surface area contributed by atoms with Crippen molar-refractivity contribution >= 4 is 15.9 Å². The summed E-state index contributed by atoms with van der Waals surface area (Å²) in [6.07, 6.45) is 1.39. The molecule has 0 bridgehead atoms. The molecule has 0 radical (unpaired) electrons. The van der Waals surface area contributed by atoms with Crippen LogP contribution in [-0.4, -0.2) is 25.8 Å². The Bertz CT molecular complexity index is 452. The molecule has 82 valence electrons. The zero-order chi connectivity index (χ0) is 11.5. The molecule has 0 aliphatic carbocycles. The van der Waals surface area contributed by atoms with Crippen molar-refractivity contribution in [2.45, 2.75) is 11.5 Å². The molecule has 0 spiro atoms. The summed E-state index contributed by atoms with van der Waals surface area (Å²) >= 11 is 0. The SMILES string of the molecule is CS(=O)(=O)c1ccc(COC(N)=O)nc1. The second-order valence-corrected chi connectivity index (χ2v) is 4.88. The highest BCUT2D eigenvalue weighted by Gasteiger charge is 2.07. The number of amides is 1. The Morgan fingerprint density at radius 3 is 2.60 bits per heavy atom. The van der Waals surface area contributed by atoms with Gasteiger partial charge in [-0.15, -0.1) is 0 Å². The monoisotopic (exact) mass is 230 g/mol. The first-order valence-electron chi connectivity index (χ1n) is 3.97. The fourth-order valence-electron chi connectivity index (χ4n) is 0.861. The lowest BCUT2D eigenvalue weighted by molar-refractivity contribution is 0.149. The number of nitrogens with zero attached hydrogens (tertiary/aromatic N) is 1.